The van der Waals surface area contributed by atoms with Gasteiger partial charge in [0.2, 0.25) is 5.91 Å². The molecule has 1 atom stereocenters. The highest BCUT2D eigenvalue weighted by molar-refractivity contribution is 7.09. The van der Waals surface area contributed by atoms with Gasteiger partial charge in [-0.25, -0.2) is 0 Å². The lowest BCUT2D eigenvalue weighted by Crippen LogP contribution is -2.64. The monoisotopic (exact) mass is 451 g/mol. The van der Waals surface area contributed by atoms with E-state index < -0.39 is 5.54 Å². The number of rotatable bonds is 5. The second kappa shape index (κ2) is 8.62. The third-order valence-electron chi connectivity index (χ3n) is 6.85. The van der Waals surface area contributed by atoms with E-state index >= 15 is 0 Å². The fraction of sp³-hybridized carbons (Fsp3) is 0.440. The summed E-state index contributed by atoms with van der Waals surface area (Å²) in [6, 6.07) is 11.6. The maximum atomic E-state index is 13.8. The van der Waals surface area contributed by atoms with E-state index in [1.54, 1.807) is 22.5 Å². The summed E-state index contributed by atoms with van der Waals surface area (Å²) < 4.78 is 7.55. The lowest BCUT2D eigenvalue weighted by molar-refractivity contribution is -0.134. The highest BCUT2D eigenvalue weighted by atomic mass is 32.1. The molecule has 1 fully saturated rings. The summed E-state index contributed by atoms with van der Waals surface area (Å²) in [6.45, 7) is 2.72. The van der Waals surface area contributed by atoms with Crippen molar-refractivity contribution in [1.82, 2.24) is 14.8 Å². The van der Waals surface area contributed by atoms with Gasteiger partial charge in [0.15, 0.2) is 0 Å². The van der Waals surface area contributed by atoms with Crippen molar-refractivity contribution < 1.29 is 14.0 Å². The Balaban J connectivity index is 1.51. The van der Waals surface area contributed by atoms with E-state index in [0.717, 1.165) is 36.3 Å². The van der Waals surface area contributed by atoms with Crippen molar-refractivity contribution in [3.8, 4) is 11.5 Å². The molecule has 0 radical (unpaired) electrons. The van der Waals surface area contributed by atoms with Crippen molar-refractivity contribution in [3.05, 3.63) is 58.6 Å². The van der Waals surface area contributed by atoms with Crippen molar-refractivity contribution in [3.63, 3.8) is 0 Å². The second-order valence-corrected chi connectivity index (χ2v) is 10.1. The van der Waals surface area contributed by atoms with Crippen LogP contribution in [0.15, 0.2) is 52.5 Å². The Hall–Kier alpha value is -2.80. The van der Waals surface area contributed by atoms with E-state index in [4.69, 9.17) is 4.42 Å². The summed E-state index contributed by atoms with van der Waals surface area (Å²) in [5, 5.41) is 5.31. The fourth-order valence-electron chi connectivity index (χ4n) is 4.98. The Kier molecular flexibility index (Phi) is 5.67. The average molecular weight is 452 g/mol. The molecule has 0 unspecified atom stereocenters. The normalized spacial score (nSPS) is 21.9. The van der Waals surface area contributed by atoms with E-state index in [-0.39, 0.29) is 17.9 Å². The van der Waals surface area contributed by atoms with Crippen LogP contribution in [0.4, 0.5) is 0 Å². The van der Waals surface area contributed by atoms with Crippen molar-refractivity contribution in [2.45, 2.75) is 70.1 Å². The van der Waals surface area contributed by atoms with Gasteiger partial charge in [-0.2, -0.15) is 0 Å². The van der Waals surface area contributed by atoms with Crippen molar-refractivity contribution in [1.29, 1.82) is 0 Å². The van der Waals surface area contributed by atoms with Gasteiger partial charge in [-0.1, -0.05) is 31.7 Å². The maximum Gasteiger partial charge on any atom is 0.271 e. The molecule has 0 saturated heterocycles. The largest absolute Gasteiger partial charge is 0.463 e. The van der Waals surface area contributed by atoms with Crippen LogP contribution in [0.3, 0.4) is 0 Å². The van der Waals surface area contributed by atoms with E-state index in [1.807, 2.05) is 53.3 Å². The predicted molar refractivity (Wildman–Crippen MR) is 124 cm³/mol. The molecular weight excluding hydrogens is 422 g/mol. The molecule has 1 N–H and O–H groups in total. The molecule has 0 aromatic carbocycles. The van der Waals surface area contributed by atoms with E-state index in [9.17, 15) is 9.59 Å². The standard InChI is InChI=1S/C25H29N3O3S/c1-25(24(30)26-18-8-4-2-3-5-9-18)17-27-20(22-11-6-14-31-22)12-13-21(27)23(29)28(25)16-19-10-7-15-32-19/h6-7,10-15,18H,2-5,8-9,16-17H2,1H3,(H,26,30)/t25-/m1/s1. The molecule has 0 spiro atoms. The third kappa shape index (κ3) is 3.79. The number of furan rings is 1. The molecular formula is C25H29N3O3S. The number of nitrogens with zero attached hydrogens (tertiary/aromatic N) is 2. The molecule has 6 nitrogen and oxygen atoms in total. The summed E-state index contributed by atoms with van der Waals surface area (Å²) >= 11 is 1.61. The number of hydrogen-bond donors (Lipinski definition) is 1. The Bertz CT molecular complexity index is 1080. The minimum Gasteiger partial charge on any atom is -0.463 e. The summed E-state index contributed by atoms with van der Waals surface area (Å²) in [5.74, 6) is 0.502. The van der Waals surface area contributed by atoms with Gasteiger partial charge >= 0.3 is 0 Å². The Morgan fingerprint density at radius 2 is 1.91 bits per heavy atom. The SMILES string of the molecule is C[C@]1(C(=O)NC2CCCCCC2)Cn2c(ccc2-c2ccco2)C(=O)N1Cc1cccs1. The molecule has 1 aliphatic carbocycles. The number of aromatic nitrogens is 1. The number of thiophene rings is 1. The van der Waals surface area contributed by atoms with Crippen LogP contribution in [0.25, 0.3) is 11.5 Å². The highest BCUT2D eigenvalue weighted by Gasteiger charge is 2.48. The summed E-state index contributed by atoms with van der Waals surface area (Å²) in [6.07, 6.45) is 8.38. The minimum atomic E-state index is -0.999. The van der Waals surface area contributed by atoms with Crippen LogP contribution < -0.4 is 5.32 Å². The first-order chi connectivity index (χ1) is 15.6. The fourth-order valence-corrected chi connectivity index (χ4v) is 5.68. The van der Waals surface area contributed by atoms with Crippen LogP contribution in [0.5, 0.6) is 0 Å². The summed E-state index contributed by atoms with van der Waals surface area (Å²) in [5.41, 5.74) is 0.413. The summed E-state index contributed by atoms with van der Waals surface area (Å²) in [4.78, 5) is 30.3. The number of carbonyl (C=O) groups is 2. The quantitative estimate of drug-likeness (QED) is 0.551. The van der Waals surface area contributed by atoms with E-state index in [2.05, 4.69) is 5.32 Å². The Morgan fingerprint density at radius 3 is 2.59 bits per heavy atom. The number of amides is 2. The summed E-state index contributed by atoms with van der Waals surface area (Å²) in [7, 11) is 0. The molecule has 5 rings (SSSR count). The molecule has 2 aliphatic rings. The molecule has 3 aromatic rings. The highest BCUT2D eigenvalue weighted by Crippen LogP contribution is 2.35. The zero-order chi connectivity index (χ0) is 22.1. The van der Waals surface area contributed by atoms with Gasteiger partial charge in [0.1, 0.15) is 17.0 Å². The van der Waals surface area contributed by atoms with Crippen LogP contribution in [0.1, 0.15) is 60.8 Å². The van der Waals surface area contributed by atoms with Gasteiger partial charge in [0.05, 0.1) is 25.0 Å². The van der Waals surface area contributed by atoms with Crippen LogP contribution in [-0.2, 0) is 17.9 Å². The molecule has 7 heteroatoms. The number of nitrogens with one attached hydrogen (secondary N) is 1. The number of carbonyl (C=O) groups excluding carboxylic acids is 2. The zero-order valence-electron chi connectivity index (χ0n) is 18.4. The molecule has 3 aromatic heterocycles. The lowest BCUT2D eigenvalue weighted by atomic mass is 9.93. The van der Waals surface area contributed by atoms with Gasteiger partial charge < -0.3 is 19.2 Å². The second-order valence-electron chi connectivity index (χ2n) is 9.07. The molecule has 1 aliphatic heterocycles. The molecule has 2 amide bonds. The molecule has 168 valence electrons. The zero-order valence-corrected chi connectivity index (χ0v) is 19.2. The van der Waals surface area contributed by atoms with Gasteiger partial charge in [0.25, 0.3) is 5.91 Å². The van der Waals surface area contributed by atoms with Gasteiger partial charge in [-0.3, -0.25) is 9.59 Å². The third-order valence-corrected chi connectivity index (χ3v) is 7.72. The first-order valence-corrected chi connectivity index (χ1v) is 12.3. The van der Waals surface area contributed by atoms with Crippen LogP contribution in [0, 0.1) is 0 Å². The predicted octanol–water partition coefficient (Wildman–Crippen LogP) is 5.06. The van der Waals surface area contributed by atoms with Crippen molar-refractivity contribution in [2.24, 2.45) is 0 Å². The Labute approximate surface area is 192 Å². The first-order valence-electron chi connectivity index (χ1n) is 11.4. The maximum absolute atomic E-state index is 13.8. The molecule has 4 heterocycles. The number of fused-ring (bicyclic) bond motifs is 1. The minimum absolute atomic E-state index is 0.0703. The van der Waals surface area contributed by atoms with Crippen LogP contribution in [-0.4, -0.2) is 32.9 Å². The first kappa shape index (κ1) is 21.1. The van der Waals surface area contributed by atoms with Crippen molar-refractivity contribution in [2.75, 3.05) is 0 Å². The van der Waals surface area contributed by atoms with Crippen LogP contribution in [0.2, 0.25) is 0 Å². The Morgan fingerprint density at radius 1 is 1.12 bits per heavy atom. The van der Waals surface area contributed by atoms with E-state index in [1.165, 1.54) is 12.8 Å². The smallest absolute Gasteiger partial charge is 0.271 e. The van der Waals surface area contributed by atoms with Crippen molar-refractivity contribution >= 4 is 23.2 Å². The molecule has 1 saturated carbocycles. The molecule has 32 heavy (non-hydrogen) atoms. The number of hydrogen-bond acceptors (Lipinski definition) is 4. The van der Waals surface area contributed by atoms with Gasteiger partial charge in [-0.05, 0) is 55.5 Å². The average Bonchev–Trinajstić information content (AvgIpc) is 3.52. The van der Waals surface area contributed by atoms with E-state index in [0.29, 0.717) is 24.5 Å². The van der Waals surface area contributed by atoms with Gasteiger partial charge in [0, 0.05) is 10.9 Å². The van der Waals surface area contributed by atoms with Crippen LogP contribution >= 0.6 is 11.3 Å². The molecule has 0 bridgehead atoms. The lowest BCUT2D eigenvalue weighted by Gasteiger charge is -2.44. The topological polar surface area (TPSA) is 67.5 Å². The van der Waals surface area contributed by atoms with Gasteiger partial charge in [-0.15, -0.1) is 11.3 Å².